The highest BCUT2D eigenvalue weighted by Gasteiger charge is 2.31. The standard InChI is InChI=1S/C11H16N4S/c1-2-7-15(8-3-4-8)11-9(10(12)16)13-5-6-14-11/h5-6,8H,2-4,7H2,1H3,(H2,12,16). The van der Waals surface area contributed by atoms with Gasteiger partial charge in [-0.2, -0.15) is 0 Å². The van der Waals surface area contributed by atoms with Crippen molar-refractivity contribution in [3.05, 3.63) is 18.1 Å². The Labute approximate surface area is 101 Å². The molecule has 0 aromatic carbocycles. The van der Waals surface area contributed by atoms with E-state index in [1.165, 1.54) is 12.8 Å². The lowest BCUT2D eigenvalue weighted by molar-refractivity contribution is 0.746. The topological polar surface area (TPSA) is 55.0 Å². The zero-order valence-corrected chi connectivity index (χ0v) is 10.2. The van der Waals surface area contributed by atoms with E-state index in [2.05, 4.69) is 21.8 Å². The van der Waals surface area contributed by atoms with E-state index >= 15 is 0 Å². The first-order chi connectivity index (χ1) is 7.74. The minimum absolute atomic E-state index is 0.324. The average Bonchev–Trinajstić information content (AvgIpc) is 3.10. The molecule has 16 heavy (non-hydrogen) atoms. The van der Waals surface area contributed by atoms with Crippen LogP contribution in [-0.4, -0.2) is 27.5 Å². The number of anilines is 1. The van der Waals surface area contributed by atoms with Crippen molar-refractivity contribution in [3.8, 4) is 0 Å². The fourth-order valence-corrected chi connectivity index (χ4v) is 1.95. The number of hydrogen-bond acceptors (Lipinski definition) is 4. The van der Waals surface area contributed by atoms with Crippen LogP contribution < -0.4 is 10.6 Å². The highest BCUT2D eigenvalue weighted by atomic mass is 32.1. The van der Waals surface area contributed by atoms with Crippen molar-refractivity contribution in [3.63, 3.8) is 0 Å². The molecule has 1 heterocycles. The van der Waals surface area contributed by atoms with E-state index in [0.29, 0.717) is 16.7 Å². The van der Waals surface area contributed by atoms with Gasteiger partial charge in [0.2, 0.25) is 0 Å². The molecule has 1 aliphatic carbocycles. The van der Waals surface area contributed by atoms with Gasteiger partial charge in [-0.25, -0.2) is 9.97 Å². The van der Waals surface area contributed by atoms with E-state index in [4.69, 9.17) is 18.0 Å². The van der Waals surface area contributed by atoms with Gasteiger partial charge in [-0.1, -0.05) is 19.1 Å². The predicted molar refractivity (Wildman–Crippen MR) is 68.6 cm³/mol. The van der Waals surface area contributed by atoms with Crippen molar-refractivity contribution in [2.75, 3.05) is 11.4 Å². The van der Waals surface area contributed by atoms with Crippen molar-refractivity contribution >= 4 is 23.0 Å². The molecule has 86 valence electrons. The van der Waals surface area contributed by atoms with E-state index in [1.54, 1.807) is 12.4 Å². The second kappa shape index (κ2) is 4.74. The number of nitrogens with zero attached hydrogens (tertiary/aromatic N) is 3. The molecule has 2 N–H and O–H groups in total. The molecule has 0 unspecified atom stereocenters. The zero-order chi connectivity index (χ0) is 11.5. The van der Waals surface area contributed by atoms with Gasteiger partial charge >= 0.3 is 0 Å². The van der Waals surface area contributed by atoms with Gasteiger partial charge in [0.05, 0.1) is 0 Å². The molecular formula is C11H16N4S. The number of nitrogens with two attached hydrogens (primary N) is 1. The summed E-state index contributed by atoms with van der Waals surface area (Å²) in [7, 11) is 0. The van der Waals surface area contributed by atoms with Crippen molar-refractivity contribution < 1.29 is 0 Å². The van der Waals surface area contributed by atoms with Crippen molar-refractivity contribution in [2.45, 2.75) is 32.2 Å². The Balaban J connectivity index is 2.32. The molecule has 1 saturated carbocycles. The summed E-state index contributed by atoms with van der Waals surface area (Å²) in [5.74, 6) is 0.847. The zero-order valence-electron chi connectivity index (χ0n) is 9.39. The Morgan fingerprint density at radius 1 is 1.50 bits per heavy atom. The molecule has 5 heteroatoms. The van der Waals surface area contributed by atoms with E-state index in [1.807, 2.05) is 0 Å². The molecule has 4 nitrogen and oxygen atoms in total. The molecule has 1 aromatic rings. The quantitative estimate of drug-likeness (QED) is 0.785. The van der Waals surface area contributed by atoms with Crippen LogP contribution in [0.1, 0.15) is 31.9 Å². The van der Waals surface area contributed by atoms with Crippen LogP contribution >= 0.6 is 12.2 Å². The summed E-state index contributed by atoms with van der Waals surface area (Å²) >= 11 is 5.01. The molecule has 0 atom stereocenters. The normalized spacial score (nSPS) is 14.8. The smallest absolute Gasteiger partial charge is 0.157 e. The number of hydrogen-bond donors (Lipinski definition) is 1. The first kappa shape index (κ1) is 11.3. The second-order valence-electron chi connectivity index (χ2n) is 4.02. The molecular weight excluding hydrogens is 220 g/mol. The van der Waals surface area contributed by atoms with E-state index in [-0.39, 0.29) is 0 Å². The molecule has 0 radical (unpaired) electrons. The Kier molecular flexibility index (Phi) is 3.33. The summed E-state index contributed by atoms with van der Waals surface area (Å²) in [5, 5.41) is 0. The summed E-state index contributed by atoms with van der Waals surface area (Å²) in [6.45, 7) is 3.14. The van der Waals surface area contributed by atoms with E-state index in [0.717, 1.165) is 18.8 Å². The van der Waals surface area contributed by atoms with Gasteiger partial charge in [-0.05, 0) is 19.3 Å². The molecule has 0 bridgehead atoms. The first-order valence-corrected chi connectivity index (χ1v) is 6.02. The number of rotatable bonds is 5. The fourth-order valence-electron chi connectivity index (χ4n) is 1.80. The first-order valence-electron chi connectivity index (χ1n) is 5.61. The Hall–Kier alpha value is -1.23. The average molecular weight is 236 g/mol. The molecule has 0 amide bonds. The highest BCUT2D eigenvalue weighted by Crippen LogP contribution is 2.31. The van der Waals surface area contributed by atoms with Crippen LogP contribution in [0.5, 0.6) is 0 Å². The van der Waals surface area contributed by atoms with Gasteiger partial charge in [0.15, 0.2) is 5.82 Å². The van der Waals surface area contributed by atoms with E-state index < -0.39 is 0 Å². The van der Waals surface area contributed by atoms with Crippen LogP contribution in [0.25, 0.3) is 0 Å². The van der Waals surface area contributed by atoms with Crippen molar-refractivity contribution in [1.82, 2.24) is 9.97 Å². The van der Waals surface area contributed by atoms with Crippen LogP contribution in [0.3, 0.4) is 0 Å². The molecule has 1 aliphatic rings. The molecule has 2 rings (SSSR count). The maximum absolute atomic E-state index is 5.67. The molecule has 0 spiro atoms. The fraction of sp³-hybridized carbons (Fsp3) is 0.545. The Morgan fingerprint density at radius 3 is 2.75 bits per heavy atom. The van der Waals surface area contributed by atoms with Gasteiger partial charge in [-0.15, -0.1) is 0 Å². The maximum atomic E-state index is 5.67. The van der Waals surface area contributed by atoms with Gasteiger partial charge in [0.25, 0.3) is 0 Å². The molecule has 1 aromatic heterocycles. The third-order valence-electron chi connectivity index (χ3n) is 2.64. The largest absolute Gasteiger partial charge is 0.388 e. The SMILES string of the molecule is CCCN(c1nccnc1C(N)=S)C1CC1. The highest BCUT2D eigenvalue weighted by molar-refractivity contribution is 7.80. The minimum atomic E-state index is 0.324. The van der Waals surface area contributed by atoms with Crippen LogP contribution in [0, 0.1) is 0 Å². The van der Waals surface area contributed by atoms with Gasteiger partial charge in [0, 0.05) is 25.0 Å². The van der Waals surface area contributed by atoms with Crippen molar-refractivity contribution in [2.24, 2.45) is 5.73 Å². The summed E-state index contributed by atoms with van der Waals surface area (Å²) in [6, 6.07) is 0.602. The molecule has 0 saturated heterocycles. The van der Waals surface area contributed by atoms with Crippen LogP contribution in [0.15, 0.2) is 12.4 Å². The summed E-state index contributed by atoms with van der Waals surface area (Å²) in [4.78, 5) is 11.2. The Morgan fingerprint density at radius 2 is 2.19 bits per heavy atom. The Bertz CT molecular complexity index is 389. The third kappa shape index (κ3) is 2.29. The van der Waals surface area contributed by atoms with Crippen LogP contribution in [-0.2, 0) is 0 Å². The van der Waals surface area contributed by atoms with Gasteiger partial charge < -0.3 is 10.6 Å². The van der Waals surface area contributed by atoms with E-state index in [9.17, 15) is 0 Å². The van der Waals surface area contributed by atoms with Crippen LogP contribution in [0.2, 0.25) is 0 Å². The summed E-state index contributed by atoms with van der Waals surface area (Å²) in [6.07, 6.45) is 6.88. The van der Waals surface area contributed by atoms with Crippen molar-refractivity contribution in [1.29, 1.82) is 0 Å². The van der Waals surface area contributed by atoms with Gasteiger partial charge in [-0.3, -0.25) is 0 Å². The lowest BCUT2D eigenvalue weighted by Crippen LogP contribution is -2.30. The lowest BCUT2D eigenvalue weighted by atomic mass is 10.3. The van der Waals surface area contributed by atoms with Crippen LogP contribution in [0.4, 0.5) is 5.82 Å². The molecule has 0 aliphatic heterocycles. The van der Waals surface area contributed by atoms with Gasteiger partial charge in [0.1, 0.15) is 10.7 Å². The monoisotopic (exact) mass is 236 g/mol. The minimum Gasteiger partial charge on any atom is -0.388 e. The number of thiocarbonyl (C=S) groups is 1. The summed E-state index contributed by atoms with van der Waals surface area (Å²) in [5.41, 5.74) is 6.32. The predicted octanol–water partition coefficient (Wildman–Crippen LogP) is 1.49. The second-order valence-corrected chi connectivity index (χ2v) is 4.46. The lowest BCUT2D eigenvalue weighted by Gasteiger charge is -2.24. The summed E-state index contributed by atoms with van der Waals surface area (Å²) < 4.78 is 0. The number of aromatic nitrogens is 2. The maximum Gasteiger partial charge on any atom is 0.157 e. The third-order valence-corrected chi connectivity index (χ3v) is 2.83. The molecule has 1 fully saturated rings.